The van der Waals surface area contributed by atoms with Gasteiger partial charge in [-0.3, -0.25) is 0 Å². The van der Waals surface area contributed by atoms with Crippen LogP contribution in [0.4, 0.5) is 5.82 Å². The Bertz CT molecular complexity index is 278. The van der Waals surface area contributed by atoms with Crippen LogP contribution in [0.2, 0.25) is 5.28 Å². The molecule has 0 amide bonds. The van der Waals surface area contributed by atoms with Gasteiger partial charge in [0.25, 0.3) is 0 Å². The third-order valence-corrected chi connectivity index (χ3v) is 1.87. The number of hydrogen-bond donors (Lipinski definition) is 1. The summed E-state index contributed by atoms with van der Waals surface area (Å²) in [4.78, 5) is 5.93. The van der Waals surface area contributed by atoms with Crippen molar-refractivity contribution in [3.63, 3.8) is 0 Å². The van der Waals surface area contributed by atoms with E-state index in [2.05, 4.69) is 22.1 Å². The topological polar surface area (TPSA) is 62.1 Å². The maximum Gasteiger partial charge on any atom is 0.244 e. The van der Waals surface area contributed by atoms with Crippen molar-refractivity contribution in [3.05, 3.63) is 11.5 Å². The molecule has 0 bridgehead atoms. The second-order valence-corrected chi connectivity index (χ2v) is 3.13. The molecule has 0 atom stereocenters. The fraction of sp³-hybridized carbons (Fsp3) is 0.625. The van der Waals surface area contributed by atoms with E-state index in [-0.39, 0.29) is 11.9 Å². The van der Waals surface area contributed by atoms with Crippen molar-refractivity contribution >= 4 is 17.4 Å². The lowest BCUT2D eigenvalue weighted by Gasteiger charge is -2.21. The third-order valence-electron chi connectivity index (χ3n) is 1.71. The van der Waals surface area contributed by atoms with Crippen LogP contribution in [0.3, 0.4) is 0 Å². The summed E-state index contributed by atoms with van der Waals surface area (Å²) in [7, 11) is 0. The molecule has 0 aromatic carbocycles. The molecular formula is C8H13ClN4O. The van der Waals surface area contributed by atoms with Crippen LogP contribution < -0.4 is 4.90 Å². The first kappa shape index (κ1) is 11.1. The predicted octanol–water partition coefficient (Wildman–Crippen LogP) is 0.734. The summed E-state index contributed by atoms with van der Waals surface area (Å²) in [6.07, 6.45) is 2.51. The second-order valence-electron chi connectivity index (χ2n) is 2.79. The molecule has 1 N–H and O–H groups in total. The van der Waals surface area contributed by atoms with Crippen molar-refractivity contribution in [1.82, 2.24) is 15.2 Å². The minimum absolute atomic E-state index is 0.0849. The number of hydrogen-bond acceptors (Lipinski definition) is 5. The zero-order valence-corrected chi connectivity index (χ0v) is 8.78. The van der Waals surface area contributed by atoms with Crippen LogP contribution in [0, 0.1) is 0 Å². The quantitative estimate of drug-likeness (QED) is 0.787. The number of aliphatic hydroxyl groups is 1. The first-order chi connectivity index (χ1) is 6.77. The van der Waals surface area contributed by atoms with Gasteiger partial charge in [-0.05, 0) is 18.0 Å². The zero-order chi connectivity index (χ0) is 10.4. The van der Waals surface area contributed by atoms with Gasteiger partial charge < -0.3 is 10.0 Å². The molecule has 5 nitrogen and oxygen atoms in total. The van der Waals surface area contributed by atoms with E-state index >= 15 is 0 Å². The summed E-state index contributed by atoms with van der Waals surface area (Å²) in [5.74, 6) is 0.654. The van der Waals surface area contributed by atoms with E-state index in [0.29, 0.717) is 12.4 Å². The van der Waals surface area contributed by atoms with Gasteiger partial charge in [0.05, 0.1) is 12.8 Å². The van der Waals surface area contributed by atoms with Gasteiger partial charge in [0.15, 0.2) is 5.82 Å². The monoisotopic (exact) mass is 216 g/mol. The minimum Gasteiger partial charge on any atom is -0.395 e. The molecule has 1 aromatic rings. The summed E-state index contributed by atoms with van der Waals surface area (Å²) >= 11 is 5.62. The highest BCUT2D eigenvalue weighted by Crippen LogP contribution is 2.10. The second kappa shape index (κ2) is 5.72. The number of aromatic nitrogens is 3. The fourth-order valence-corrected chi connectivity index (χ4v) is 1.29. The van der Waals surface area contributed by atoms with Gasteiger partial charge in [-0.2, -0.15) is 10.1 Å². The van der Waals surface area contributed by atoms with Crippen LogP contribution in [-0.2, 0) is 0 Å². The van der Waals surface area contributed by atoms with Crippen LogP contribution in [-0.4, -0.2) is 40.0 Å². The van der Waals surface area contributed by atoms with Crippen LogP contribution in [0.15, 0.2) is 6.20 Å². The van der Waals surface area contributed by atoms with E-state index in [0.717, 1.165) is 13.0 Å². The highest BCUT2D eigenvalue weighted by Gasteiger charge is 2.07. The van der Waals surface area contributed by atoms with Crippen molar-refractivity contribution in [2.24, 2.45) is 0 Å². The van der Waals surface area contributed by atoms with Crippen LogP contribution in [0.5, 0.6) is 0 Å². The number of nitrogens with zero attached hydrogens (tertiary/aromatic N) is 4. The SMILES string of the molecule is CCCN(CCO)c1cnnc(Cl)n1. The fourth-order valence-electron chi connectivity index (χ4n) is 1.16. The predicted molar refractivity (Wildman–Crippen MR) is 54.4 cm³/mol. The van der Waals surface area contributed by atoms with E-state index in [9.17, 15) is 0 Å². The highest BCUT2D eigenvalue weighted by atomic mass is 35.5. The van der Waals surface area contributed by atoms with Crippen LogP contribution in [0.25, 0.3) is 0 Å². The van der Waals surface area contributed by atoms with Gasteiger partial charge >= 0.3 is 0 Å². The molecule has 0 radical (unpaired) electrons. The molecule has 1 heterocycles. The molecule has 0 aliphatic heterocycles. The maximum absolute atomic E-state index is 8.86. The van der Waals surface area contributed by atoms with E-state index in [4.69, 9.17) is 16.7 Å². The summed E-state index contributed by atoms with van der Waals surface area (Å²) in [5.41, 5.74) is 0. The molecule has 78 valence electrons. The Labute approximate surface area is 87.7 Å². The van der Waals surface area contributed by atoms with Crippen molar-refractivity contribution in [1.29, 1.82) is 0 Å². The zero-order valence-electron chi connectivity index (χ0n) is 8.02. The summed E-state index contributed by atoms with van der Waals surface area (Å²) in [6, 6.07) is 0. The molecule has 0 aliphatic rings. The van der Waals surface area contributed by atoms with Crippen molar-refractivity contribution in [2.75, 3.05) is 24.6 Å². The van der Waals surface area contributed by atoms with Crippen LogP contribution >= 0.6 is 11.6 Å². The summed E-state index contributed by atoms with van der Waals surface area (Å²) in [5, 5.41) is 16.2. The number of rotatable bonds is 5. The molecule has 0 unspecified atom stereocenters. The molecule has 14 heavy (non-hydrogen) atoms. The average molecular weight is 217 g/mol. The molecule has 1 aromatic heterocycles. The molecule has 6 heteroatoms. The Morgan fingerprint density at radius 3 is 2.86 bits per heavy atom. The summed E-state index contributed by atoms with van der Waals surface area (Å²) < 4.78 is 0. The largest absolute Gasteiger partial charge is 0.395 e. The Morgan fingerprint density at radius 2 is 2.29 bits per heavy atom. The molecular weight excluding hydrogens is 204 g/mol. The van der Waals surface area contributed by atoms with Gasteiger partial charge in [0.2, 0.25) is 5.28 Å². The van der Waals surface area contributed by atoms with Gasteiger partial charge in [-0.15, -0.1) is 5.10 Å². The lowest BCUT2D eigenvalue weighted by atomic mass is 10.4. The van der Waals surface area contributed by atoms with Crippen molar-refractivity contribution < 1.29 is 5.11 Å². The number of anilines is 1. The maximum atomic E-state index is 8.86. The molecule has 0 fully saturated rings. The van der Waals surface area contributed by atoms with E-state index in [1.54, 1.807) is 0 Å². The molecule has 0 saturated carbocycles. The Kier molecular flexibility index (Phi) is 4.55. The van der Waals surface area contributed by atoms with Gasteiger partial charge in [0, 0.05) is 13.1 Å². The molecule has 0 saturated heterocycles. The smallest absolute Gasteiger partial charge is 0.244 e. The first-order valence-corrected chi connectivity index (χ1v) is 4.86. The van der Waals surface area contributed by atoms with Gasteiger partial charge in [0.1, 0.15) is 0 Å². The Balaban J connectivity index is 2.75. The minimum atomic E-state index is 0.0849. The average Bonchev–Trinajstić information content (AvgIpc) is 2.17. The highest BCUT2D eigenvalue weighted by molar-refractivity contribution is 6.28. The lowest BCUT2D eigenvalue weighted by molar-refractivity contribution is 0.301. The Morgan fingerprint density at radius 1 is 1.50 bits per heavy atom. The lowest BCUT2D eigenvalue weighted by Crippen LogP contribution is -2.28. The van der Waals surface area contributed by atoms with Gasteiger partial charge in [-0.25, -0.2) is 0 Å². The number of halogens is 1. The van der Waals surface area contributed by atoms with E-state index in [1.165, 1.54) is 6.20 Å². The van der Waals surface area contributed by atoms with Crippen molar-refractivity contribution in [2.45, 2.75) is 13.3 Å². The van der Waals surface area contributed by atoms with Gasteiger partial charge in [-0.1, -0.05) is 6.92 Å². The summed E-state index contributed by atoms with van der Waals surface area (Å²) in [6.45, 7) is 3.49. The third kappa shape index (κ3) is 3.08. The van der Waals surface area contributed by atoms with Crippen LogP contribution in [0.1, 0.15) is 13.3 Å². The van der Waals surface area contributed by atoms with E-state index < -0.39 is 0 Å². The Hall–Kier alpha value is -0.940. The standard InChI is InChI=1S/C8H13ClN4O/c1-2-3-13(4-5-14)7-6-10-12-8(9)11-7/h6,14H,2-5H2,1H3. The molecule has 0 aliphatic carbocycles. The van der Waals surface area contributed by atoms with Crippen molar-refractivity contribution in [3.8, 4) is 0 Å². The molecule has 1 rings (SSSR count). The number of aliphatic hydroxyl groups excluding tert-OH is 1. The first-order valence-electron chi connectivity index (χ1n) is 4.49. The van der Waals surface area contributed by atoms with E-state index in [1.807, 2.05) is 4.90 Å². The normalized spacial score (nSPS) is 10.2. The molecule has 0 spiro atoms.